The maximum atomic E-state index is 13.5. The predicted molar refractivity (Wildman–Crippen MR) is 119 cm³/mol. The second-order valence-electron chi connectivity index (χ2n) is 6.46. The quantitative estimate of drug-likeness (QED) is 0.305. The molecule has 4 nitrogen and oxygen atoms in total. The van der Waals surface area contributed by atoms with Crippen molar-refractivity contribution in [3.05, 3.63) is 102 Å². The Morgan fingerprint density at radius 2 is 1.60 bits per heavy atom. The number of carbonyl (C=O) groups is 1. The first kappa shape index (κ1) is 19.6. The van der Waals surface area contributed by atoms with E-state index in [-0.39, 0.29) is 11.5 Å². The van der Waals surface area contributed by atoms with Crippen LogP contribution in [-0.4, -0.2) is 21.5 Å². The van der Waals surface area contributed by atoms with Crippen LogP contribution < -0.4 is 0 Å². The summed E-state index contributed by atoms with van der Waals surface area (Å²) in [4.78, 5) is 22.8. The first-order chi connectivity index (χ1) is 14.8. The molecule has 4 aromatic rings. The van der Waals surface area contributed by atoms with Gasteiger partial charge in [0.15, 0.2) is 5.78 Å². The van der Waals surface area contributed by atoms with Crippen molar-refractivity contribution < 1.29 is 4.79 Å². The van der Waals surface area contributed by atoms with E-state index in [0.29, 0.717) is 27.4 Å². The molecule has 0 amide bonds. The highest BCUT2D eigenvalue weighted by atomic mass is 32.2. The number of thioether (sulfide) groups is 1. The van der Waals surface area contributed by atoms with Crippen LogP contribution in [0, 0.1) is 11.3 Å². The van der Waals surface area contributed by atoms with Crippen molar-refractivity contribution in [3.63, 3.8) is 0 Å². The van der Waals surface area contributed by atoms with E-state index in [9.17, 15) is 4.79 Å². The summed E-state index contributed by atoms with van der Waals surface area (Å²) in [7, 11) is 0. The molecule has 0 fully saturated rings. The van der Waals surface area contributed by atoms with Crippen LogP contribution in [0.5, 0.6) is 0 Å². The van der Waals surface area contributed by atoms with Gasteiger partial charge in [-0.15, -0.1) is 0 Å². The highest BCUT2D eigenvalue weighted by molar-refractivity contribution is 7.99. The zero-order valence-electron chi connectivity index (χ0n) is 16.0. The van der Waals surface area contributed by atoms with Gasteiger partial charge in [-0.05, 0) is 18.2 Å². The smallest absolute Gasteiger partial charge is 0.196 e. The summed E-state index contributed by atoms with van der Waals surface area (Å²) in [5, 5.41) is 9.69. The third-order valence-electron chi connectivity index (χ3n) is 4.53. The Morgan fingerprint density at radius 1 is 0.900 bits per heavy atom. The molecule has 0 spiro atoms. The van der Waals surface area contributed by atoms with Gasteiger partial charge in [0.05, 0.1) is 28.8 Å². The van der Waals surface area contributed by atoms with E-state index in [1.807, 2.05) is 72.8 Å². The average molecular weight is 407 g/mol. The first-order valence-corrected chi connectivity index (χ1v) is 10.4. The molecule has 4 rings (SSSR count). The van der Waals surface area contributed by atoms with Crippen LogP contribution in [0.2, 0.25) is 0 Å². The van der Waals surface area contributed by atoms with Gasteiger partial charge in [-0.2, -0.15) is 5.26 Å². The molecular weight excluding hydrogens is 390 g/mol. The molecule has 30 heavy (non-hydrogen) atoms. The van der Waals surface area contributed by atoms with E-state index in [1.165, 1.54) is 11.8 Å². The lowest BCUT2D eigenvalue weighted by molar-refractivity contribution is 0.103. The molecule has 2 aromatic carbocycles. The minimum atomic E-state index is -0.135. The lowest BCUT2D eigenvalue weighted by atomic mass is 9.96. The molecule has 2 aromatic heterocycles. The van der Waals surface area contributed by atoms with Gasteiger partial charge in [-0.3, -0.25) is 9.78 Å². The summed E-state index contributed by atoms with van der Waals surface area (Å²) in [5.74, 6) is 0.0610. The lowest BCUT2D eigenvalue weighted by Crippen LogP contribution is -2.08. The molecule has 0 saturated heterocycles. The Labute approximate surface area is 179 Å². The average Bonchev–Trinajstić information content (AvgIpc) is 2.83. The summed E-state index contributed by atoms with van der Waals surface area (Å²) in [6.45, 7) is 0. The maximum Gasteiger partial charge on any atom is 0.196 e. The summed E-state index contributed by atoms with van der Waals surface area (Å²) in [5.41, 5.74) is 4.12. The number of hydrogen-bond acceptors (Lipinski definition) is 5. The van der Waals surface area contributed by atoms with Gasteiger partial charge in [0.1, 0.15) is 5.03 Å². The third kappa shape index (κ3) is 4.14. The van der Waals surface area contributed by atoms with Gasteiger partial charge in [0, 0.05) is 22.9 Å². The first-order valence-electron chi connectivity index (χ1n) is 9.39. The molecule has 0 aliphatic rings. The fourth-order valence-electron chi connectivity index (χ4n) is 3.16. The van der Waals surface area contributed by atoms with Crippen LogP contribution in [0.1, 0.15) is 15.9 Å². The molecule has 5 heteroatoms. The topological polar surface area (TPSA) is 66.6 Å². The highest BCUT2D eigenvalue weighted by Gasteiger charge is 2.23. The van der Waals surface area contributed by atoms with E-state index < -0.39 is 0 Å². The van der Waals surface area contributed by atoms with E-state index >= 15 is 0 Å². The van der Waals surface area contributed by atoms with Crippen molar-refractivity contribution in [2.75, 3.05) is 5.75 Å². The third-order valence-corrected chi connectivity index (χ3v) is 5.38. The van der Waals surface area contributed by atoms with Crippen LogP contribution in [0.3, 0.4) is 0 Å². The van der Waals surface area contributed by atoms with Crippen molar-refractivity contribution in [3.8, 4) is 28.6 Å². The van der Waals surface area contributed by atoms with Crippen LogP contribution in [-0.2, 0) is 0 Å². The van der Waals surface area contributed by atoms with Crippen LogP contribution in [0.4, 0.5) is 0 Å². The SMILES string of the molecule is N#CCSc1nc(-c2ccccc2)cc(-c2ccccn2)c1C(=O)c1ccccc1. The summed E-state index contributed by atoms with van der Waals surface area (Å²) < 4.78 is 0. The van der Waals surface area contributed by atoms with Crippen molar-refractivity contribution in [1.29, 1.82) is 5.26 Å². The Balaban J connectivity index is 1.98. The normalized spacial score (nSPS) is 10.4. The van der Waals surface area contributed by atoms with Gasteiger partial charge in [-0.1, -0.05) is 78.5 Å². The Bertz CT molecular complexity index is 1200. The van der Waals surface area contributed by atoms with Crippen LogP contribution >= 0.6 is 11.8 Å². The van der Waals surface area contributed by atoms with Crippen molar-refractivity contribution in [1.82, 2.24) is 9.97 Å². The predicted octanol–water partition coefficient (Wildman–Crippen LogP) is 5.66. The zero-order chi connectivity index (χ0) is 20.8. The number of pyridine rings is 2. The standard InChI is InChI=1S/C25H17N3OS/c26-14-16-30-25-23(24(29)19-11-5-2-6-12-19)20(21-13-7-8-15-27-21)17-22(28-25)18-9-3-1-4-10-18/h1-13,15,17H,16H2. The molecule has 0 radical (unpaired) electrons. The number of nitriles is 1. The van der Waals surface area contributed by atoms with Crippen LogP contribution in [0.25, 0.3) is 22.5 Å². The van der Waals surface area contributed by atoms with Gasteiger partial charge in [-0.25, -0.2) is 4.98 Å². The fourth-order valence-corrected chi connectivity index (χ4v) is 3.87. The van der Waals surface area contributed by atoms with E-state index in [1.54, 1.807) is 18.3 Å². The number of hydrogen-bond donors (Lipinski definition) is 0. The lowest BCUT2D eigenvalue weighted by Gasteiger charge is -2.15. The number of carbonyl (C=O) groups excluding carboxylic acids is 1. The van der Waals surface area contributed by atoms with Gasteiger partial charge in [0.2, 0.25) is 0 Å². The maximum absolute atomic E-state index is 13.5. The van der Waals surface area contributed by atoms with E-state index in [0.717, 1.165) is 11.3 Å². The van der Waals surface area contributed by atoms with Crippen LogP contribution in [0.15, 0.2) is 96.2 Å². The van der Waals surface area contributed by atoms with Gasteiger partial charge < -0.3 is 0 Å². The summed E-state index contributed by atoms with van der Waals surface area (Å²) >= 11 is 1.27. The fraction of sp³-hybridized carbons (Fsp3) is 0.0400. The van der Waals surface area contributed by atoms with Crippen molar-refractivity contribution in [2.45, 2.75) is 5.03 Å². The monoisotopic (exact) mass is 407 g/mol. The highest BCUT2D eigenvalue weighted by Crippen LogP contribution is 2.35. The van der Waals surface area contributed by atoms with Gasteiger partial charge >= 0.3 is 0 Å². The minimum Gasteiger partial charge on any atom is -0.288 e. The Kier molecular flexibility index (Phi) is 5.98. The molecule has 0 atom stereocenters. The van der Waals surface area contributed by atoms with E-state index in [4.69, 9.17) is 10.2 Å². The number of rotatable bonds is 6. The molecule has 144 valence electrons. The van der Waals surface area contributed by atoms with Gasteiger partial charge in [0.25, 0.3) is 0 Å². The number of benzene rings is 2. The molecule has 0 bridgehead atoms. The minimum absolute atomic E-state index is 0.135. The number of ketones is 1. The van der Waals surface area contributed by atoms with Crippen molar-refractivity contribution in [2.24, 2.45) is 0 Å². The molecular formula is C25H17N3OS. The second kappa shape index (κ2) is 9.17. The zero-order valence-corrected chi connectivity index (χ0v) is 16.8. The molecule has 0 N–H and O–H groups in total. The molecule has 0 aliphatic heterocycles. The Hall–Kier alpha value is -3.75. The molecule has 0 aliphatic carbocycles. The largest absolute Gasteiger partial charge is 0.288 e. The molecule has 2 heterocycles. The molecule has 0 unspecified atom stereocenters. The second-order valence-corrected chi connectivity index (χ2v) is 7.42. The van der Waals surface area contributed by atoms with Crippen molar-refractivity contribution >= 4 is 17.5 Å². The molecule has 0 saturated carbocycles. The number of nitrogens with zero attached hydrogens (tertiary/aromatic N) is 3. The Morgan fingerprint density at radius 3 is 2.27 bits per heavy atom. The number of aromatic nitrogens is 2. The summed E-state index contributed by atoms with van der Waals surface area (Å²) in [6.07, 6.45) is 1.71. The van der Waals surface area contributed by atoms with E-state index in [2.05, 4.69) is 11.1 Å². The summed E-state index contributed by atoms with van der Waals surface area (Å²) in [6, 6.07) is 28.6.